The van der Waals surface area contributed by atoms with E-state index in [1.165, 1.54) is 27.0 Å². The molecule has 1 atom stereocenters. The molecule has 1 N–H and O–H groups in total. The van der Waals surface area contributed by atoms with Crippen molar-refractivity contribution in [2.24, 2.45) is 0 Å². The molecule has 10 heteroatoms. The third-order valence-corrected chi connectivity index (χ3v) is 9.11. The summed E-state index contributed by atoms with van der Waals surface area (Å²) in [5.41, 5.74) is 0.901. The van der Waals surface area contributed by atoms with Gasteiger partial charge >= 0.3 is 0 Å². The van der Waals surface area contributed by atoms with Gasteiger partial charge in [0, 0.05) is 29.7 Å². The molecule has 0 bridgehead atoms. The molecule has 0 aliphatic carbocycles. The van der Waals surface area contributed by atoms with E-state index in [1.807, 2.05) is 6.92 Å². The highest BCUT2D eigenvalue weighted by Crippen LogP contribution is 2.40. The van der Waals surface area contributed by atoms with E-state index in [2.05, 4.69) is 5.32 Å². The van der Waals surface area contributed by atoms with Gasteiger partial charge in [0.15, 0.2) is 0 Å². The number of rotatable bonds is 5. The summed E-state index contributed by atoms with van der Waals surface area (Å²) >= 11 is 7.65. The molecule has 4 rings (SSSR count). The summed E-state index contributed by atoms with van der Waals surface area (Å²) in [5, 5.41) is 3.13. The molecule has 2 amide bonds. The molecular formula is C23H26ClN3O4S2. The highest BCUT2D eigenvalue weighted by molar-refractivity contribution is 8.00. The monoisotopic (exact) mass is 507 g/mol. The van der Waals surface area contributed by atoms with Crippen molar-refractivity contribution in [1.82, 2.24) is 4.31 Å². The Morgan fingerprint density at radius 2 is 1.88 bits per heavy atom. The lowest BCUT2D eigenvalue weighted by Crippen LogP contribution is -2.39. The minimum absolute atomic E-state index is 0.00238. The molecule has 0 saturated carbocycles. The average Bonchev–Trinajstić information content (AvgIpc) is 2.90. The Morgan fingerprint density at radius 1 is 1.15 bits per heavy atom. The second kappa shape index (κ2) is 10.0. The van der Waals surface area contributed by atoms with Crippen molar-refractivity contribution in [1.29, 1.82) is 0 Å². The summed E-state index contributed by atoms with van der Waals surface area (Å²) in [6.07, 6.45) is 2.94. The number of halogens is 1. The van der Waals surface area contributed by atoms with Gasteiger partial charge in [-0.05, 0) is 43.2 Å². The van der Waals surface area contributed by atoms with Crippen molar-refractivity contribution in [2.75, 3.05) is 29.9 Å². The van der Waals surface area contributed by atoms with Crippen molar-refractivity contribution in [3.05, 3.63) is 47.5 Å². The van der Waals surface area contributed by atoms with Crippen LogP contribution in [-0.2, 0) is 19.6 Å². The molecule has 7 nitrogen and oxygen atoms in total. The summed E-state index contributed by atoms with van der Waals surface area (Å²) in [7, 11) is -3.68. The fourth-order valence-electron chi connectivity index (χ4n) is 4.04. The highest BCUT2D eigenvalue weighted by atomic mass is 35.5. The fourth-order valence-corrected chi connectivity index (χ4v) is 6.86. The number of fused-ring (bicyclic) bond motifs is 1. The predicted octanol–water partition coefficient (Wildman–Crippen LogP) is 4.37. The van der Waals surface area contributed by atoms with Gasteiger partial charge in [-0.1, -0.05) is 37.1 Å². The first-order chi connectivity index (χ1) is 15.8. The molecule has 176 valence electrons. The van der Waals surface area contributed by atoms with Crippen LogP contribution in [0.2, 0.25) is 5.02 Å². The smallest absolute Gasteiger partial charge is 0.244 e. The van der Waals surface area contributed by atoms with E-state index in [9.17, 15) is 18.0 Å². The quantitative estimate of drug-likeness (QED) is 0.649. The van der Waals surface area contributed by atoms with Gasteiger partial charge < -0.3 is 10.2 Å². The standard InChI is InChI=1S/C23H26ClN3O4S2/c1-16-13-23(29)27(15-22(28)25-19-8-4-3-7-18(19)24)20-14-17(9-10-21(20)32-16)33(30,31)26-11-5-2-6-12-26/h3-4,7-10,14,16H,2,5-6,11-13,15H2,1H3,(H,25,28). The number of amides is 2. The summed E-state index contributed by atoms with van der Waals surface area (Å²) in [4.78, 5) is 28.2. The van der Waals surface area contributed by atoms with Crippen molar-refractivity contribution >= 4 is 56.6 Å². The Labute approximate surface area is 203 Å². The van der Waals surface area contributed by atoms with Crippen molar-refractivity contribution in [2.45, 2.75) is 47.6 Å². The number of thioether (sulfide) groups is 1. The number of sulfonamides is 1. The zero-order chi connectivity index (χ0) is 23.6. The molecule has 0 radical (unpaired) electrons. The van der Waals surface area contributed by atoms with Crippen LogP contribution in [0, 0.1) is 0 Å². The van der Waals surface area contributed by atoms with E-state index >= 15 is 0 Å². The number of anilines is 2. The van der Waals surface area contributed by atoms with Gasteiger partial charge in [-0.15, -0.1) is 11.8 Å². The van der Waals surface area contributed by atoms with Crippen molar-refractivity contribution < 1.29 is 18.0 Å². The topological polar surface area (TPSA) is 86.8 Å². The van der Waals surface area contributed by atoms with Crippen LogP contribution >= 0.6 is 23.4 Å². The van der Waals surface area contributed by atoms with Gasteiger partial charge in [0.25, 0.3) is 0 Å². The average molecular weight is 508 g/mol. The Hall–Kier alpha value is -2.07. The van der Waals surface area contributed by atoms with Gasteiger partial charge in [-0.25, -0.2) is 8.42 Å². The minimum atomic E-state index is -3.68. The SMILES string of the molecule is CC1CC(=O)N(CC(=O)Nc2ccccc2Cl)c2cc(S(=O)(=O)N3CCCCC3)ccc2S1. The maximum Gasteiger partial charge on any atom is 0.244 e. The molecule has 0 aromatic heterocycles. The Balaban J connectivity index is 1.65. The molecule has 2 aromatic carbocycles. The summed E-state index contributed by atoms with van der Waals surface area (Å²) in [6.45, 7) is 2.69. The largest absolute Gasteiger partial charge is 0.323 e. The molecule has 33 heavy (non-hydrogen) atoms. The van der Waals surface area contributed by atoms with Gasteiger partial charge in [0.2, 0.25) is 21.8 Å². The minimum Gasteiger partial charge on any atom is -0.323 e. The van der Waals surface area contributed by atoms with E-state index in [0.29, 0.717) is 29.5 Å². The Kier molecular flexibility index (Phi) is 7.33. The summed E-state index contributed by atoms with van der Waals surface area (Å²) in [5.74, 6) is -0.637. The van der Waals surface area contributed by atoms with Crippen LogP contribution in [-0.4, -0.2) is 49.4 Å². The summed E-state index contributed by atoms with van der Waals surface area (Å²) < 4.78 is 28.0. The normalized spacial score (nSPS) is 19.6. The number of para-hydroxylation sites is 1. The van der Waals surface area contributed by atoms with Gasteiger partial charge in [-0.3, -0.25) is 9.59 Å². The fraction of sp³-hybridized carbons (Fsp3) is 0.391. The zero-order valence-electron chi connectivity index (χ0n) is 18.3. The number of nitrogens with zero attached hydrogens (tertiary/aromatic N) is 2. The molecule has 1 saturated heterocycles. The van der Waals surface area contributed by atoms with Crippen LogP contribution in [0.3, 0.4) is 0 Å². The maximum atomic E-state index is 13.2. The third kappa shape index (κ3) is 5.37. The zero-order valence-corrected chi connectivity index (χ0v) is 20.7. The van der Waals surface area contributed by atoms with Crippen LogP contribution < -0.4 is 10.2 Å². The number of piperidine rings is 1. The highest BCUT2D eigenvalue weighted by Gasteiger charge is 2.31. The molecule has 0 spiro atoms. The second-order valence-corrected chi connectivity index (χ2v) is 12.1. The van der Waals surface area contributed by atoms with E-state index in [1.54, 1.807) is 36.4 Å². The first kappa shape index (κ1) is 24.1. The van der Waals surface area contributed by atoms with Crippen LogP contribution in [0.15, 0.2) is 52.3 Å². The molecule has 2 aliphatic rings. The van der Waals surface area contributed by atoms with Crippen LogP contribution in [0.5, 0.6) is 0 Å². The van der Waals surface area contributed by atoms with Crippen LogP contribution in [0.1, 0.15) is 32.6 Å². The van der Waals surface area contributed by atoms with Crippen LogP contribution in [0.4, 0.5) is 11.4 Å². The number of carbonyl (C=O) groups excluding carboxylic acids is 2. The Bertz CT molecular complexity index is 1170. The lowest BCUT2D eigenvalue weighted by Gasteiger charge is -2.27. The Morgan fingerprint density at radius 3 is 2.61 bits per heavy atom. The van der Waals surface area contributed by atoms with E-state index in [4.69, 9.17) is 11.6 Å². The van der Waals surface area contributed by atoms with E-state index in [0.717, 1.165) is 24.2 Å². The maximum absolute atomic E-state index is 13.2. The van der Waals surface area contributed by atoms with Crippen molar-refractivity contribution in [3.63, 3.8) is 0 Å². The number of hydrogen-bond acceptors (Lipinski definition) is 5. The summed E-state index contributed by atoms with van der Waals surface area (Å²) in [6, 6.07) is 11.7. The first-order valence-corrected chi connectivity index (χ1v) is 13.6. The predicted molar refractivity (Wildman–Crippen MR) is 131 cm³/mol. The molecular weight excluding hydrogens is 482 g/mol. The molecule has 1 fully saturated rings. The molecule has 2 aliphatic heterocycles. The number of benzene rings is 2. The van der Waals surface area contributed by atoms with Crippen molar-refractivity contribution in [3.8, 4) is 0 Å². The first-order valence-electron chi connectivity index (χ1n) is 10.9. The lowest BCUT2D eigenvalue weighted by molar-refractivity contribution is -0.121. The molecule has 2 heterocycles. The number of nitrogens with one attached hydrogen (secondary N) is 1. The molecule has 2 aromatic rings. The van der Waals surface area contributed by atoms with E-state index in [-0.39, 0.29) is 29.0 Å². The lowest BCUT2D eigenvalue weighted by atomic mass is 10.2. The number of carbonyl (C=O) groups is 2. The van der Waals surface area contributed by atoms with Crippen LogP contribution in [0.25, 0.3) is 0 Å². The van der Waals surface area contributed by atoms with Gasteiger partial charge in [-0.2, -0.15) is 4.31 Å². The van der Waals surface area contributed by atoms with Gasteiger partial charge in [0.05, 0.1) is 21.3 Å². The van der Waals surface area contributed by atoms with E-state index < -0.39 is 15.9 Å². The second-order valence-electron chi connectivity index (χ2n) is 8.23. The number of hydrogen-bond donors (Lipinski definition) is 1. The molecule has 1 unspecified atom stereocenters. The van der Waals surface area contributed by atoms with Gasteiger partial charge in [0.1, 0.15) is 6.54 Å². The third-order valence-electron chi connectivity index (χ3n) is 5.71.